The normalized spacial score (nSPS) is 14.1. The van der Waals surface area contributed by atoms with Crippen LogP contribution < -0.4 is 5.32 Å². The molecule has 0 aliphatic heterocycles. The lowest BCUT2D eigenvalue weighted by Gasteiger charge is -2.20. The second-order valence-corrected chi connectivity index (χ2v) is 10.2. The maximum atomic E-state index is 16.2. The SMILES string of the molecule is O=C(Nc1cncc(-c2cnc3[nH]nc(-c4nc5c(-c6ccccc6F)nccc5[nH]4)c3c2F)c1)C1CCCCC1. The van der Waals surface area contributed by atoms with E-state index in [4.69, 9.17) is 0 Å². The largest absolute Gasteiger partial charge is 0.336 e. The van der Waals surface area contributed by atoms with E-state index in [1.165, 1.54) is 18.5 Å². The van der Waals surface area contributed by atoms with Gasteiger partial charge in [-0.2, -0.15) is 5.10 Å². The fourth-order valence-corrected chi connectivity index (χ4v) is 5.49. The van der Waals surface area contributed by atoms with Crippen LogP contribution in [0.5, 0.6) is 0 Å². The number of anilines is 1. The second kappa shape index (κ2) is 10.2. The van der Waals surface area contributed by atoms with E-state index in [9.17, 15) is 9.18 Å². The quantitative estimate of drug-likeness (QED) is 0.227. The zero-order chi connectivity index (χ0) is 27.9. The molecular weight excluding hydrogens is 526 g/mol. The summed E-state index contributed by atoms with van der Waals surface area (Å²) in [5.74, 6) is -0.768. The molecule has 1 saturated carbocycles. The van der Waals surface area contributed by atoms with Crippen LogP contribution in [-0.2, 0) is 4.79 Å². The first-order chi connectivity index (χ1) is 20.1. The Bertz CT molecular complexity index is 1930. The van der Waals surface area contributed by atoms with E-state index in [2.05, 4.69) is 40.4 Å². The molecule has 0 saturated heterocycles. The van der Waals surface area contributed by atoms with Crippen molar-refractivity contribution in [1.29, 1.82) is 0 Å². The van der Waals surface area contributed by atoms with Gasteiger partial charge in [-0.1, -0.05) is 31.4 Å². The number of aromatic nitrogens is 7. The van der Waals surface area contributed by atoms with Gasteiger partial charge in [-0.3, -0.25) is 19.9 Å². The maximum absolute atomic E-state index is 16.2. The number of halogens is 2. The summed E-state index contributed by atoms with van der Waals surface area (Å²) in [5, 5.41) is 10.1. The molecule has 1 aromatic carbocycles. The molecule has 0 atom stereocenters. The number of H-pyrrole nitrogens is 2. The van der Waals surface area contributed by atoms with Crippen LogP contribution in [0.4, 0.5) is 14.5 Å². The Morgan fingerprint density at radius 3 is 2.66 bits per heavy atom. The molecule has 1 fully saturated rings. The van der Waals surface area contributed by atoms with Gasteiger partial charge in [0.25, 0.3) is 0 Å². The number of nitrogens with zero attached hydrogens (tertiary/aromatic N) is 5. The number of amides is 1. The molecule has 0 spiro atoms. The van der Waals surface area contributed by atoms with E-state index in [0.29, 0.717) is 33.5 Å². The highest BCUT2D eigenvalue weighted by atomic mass is 19.1. The van der Waals surface area contributed by atoms with Crippen LogP contribution in [0.2, 0.25) is 0 Å². The summed E-state index contributed by atoms with van der Waals surface area (Å²) in [6, 6.07) is 9.72. The monoisotopic (exact) mass is 550 g/mol. The zero-order valence-electron chi connectivity index (χ0n) is 21.8. The van der Waals surface area contributed by atoms with E-state index in [-0.39, 0.29) is 39.9 Å². The van der Waals surface area contributed by atoms with E-state index < -0.39 is 11.6 Å². The van der Waals surface area contributed by atoms with E-state index in [1.807, 2.05) is 0 Å². The molecular formula is C30H24F2N8O. The van der Waals surface area contributed by atoms with Crippen LogP contribution in [0.15, 0.2) is 61.2 Å². The molecule has 3 N–H and O–H groups in total. The van der Waals surface area contributed by atoms with Gasteiger partial charge in [0, 0.05) is 41.2 Å². The molecule has 5 heterocycles. The third-order valence-corrected chi connectivity index (χ3v) is 7.57. The molecule has 1 aliphatic rings. The predicted octanol–water partition coefficient (Wildman–Crippen LogP) is 6.42. The van der Waals surface area contributed by atoms with Crippen LogP contribution in [0.3, 0.4) is 0 Å². The van der Waals surface area contributed by atoms with Crippen molar-refractivity contribution in [2.75, 3.05) is 5.32 Å². The molecule has 0 radical (unpaired) electrons. The Labute approximate surface area is 232 Å². The number of pyridine rings is 3. The lowest BCUT2D eigenvalue weighted by molar-refractivity contribution is -0.120. The summed E-state index contributed by atoms with van der Waals surface area (Å²) in [7, 11) is 0. The number of aromatic amines is 2. The van der Waals surface area contributed by atoms with Gasteiger partial charge >= 0.3 is 0 Å². The summed E-state index contributed by atoms with van der Waals surface area (Å²) in [6.45, 7) is 0. The molecule has 11 heteroatoms. The van der Waals surface area contributed by atoms with Crippen molar-refractivity contribution in [2.24, 2.45) is 5.92 Å². The van der Waals surface area contributed by atoms with Crippen LogP contribution in [0.1, 0.15) is 32.1 Å². The van der Waals surface area contributed by atoms with Crippen molar-refractivity contribution < 1.29 is 13.6 Å². The standard InChI is InChI=1S/C30H24F2N8O/c31-21-9-5-4-8-19(21)25-26-22(10-11-34-25)37-29(38-26)27-23-24(32)20(15-35-28(23)40-39-27)17-12-18(14-33-13-17)36-30(41)16-6-2-1-3-7-16/h4-5,8-16H,1-3,6-7H2,(H,36,41)(H,37,38)(H,35,39,40). The van der Waals surface area contributed by atoms with Gasteiger partial charge in [-0.25, -0.2) is 18.7 Å². The van der Waals surface area contributed by atoms with Gasteiger partial charge < -0.3 is 10.3 Å². The smallest absolute Gasteiger partial charge is 0.227 e. The Morgan fingerprint density at radius 1 is 0.951 bits per heavy atom. The Hall–Kier alpha value is -5.06. The first-order valence-corrected chi connectivity index (χ1v) is 13.5. The van der Waals surface area contributed by atoms with Gasteiger partial charge in [0.05, 0.1) is 22.8 Å². The molecule has 9 nitrogen and oxygen atoms in total. The average molecular weight is 551 g/mol. The van der Waals surface area contributed by atoms with Gasteiger partial charge in [0.2, 0.25) is 5.91 Å². The fraction of sp³-hybridized carbons (Fsp3) is 0.200. The first-order valence-electron chi connectivity index (χ1n) is 13.5. The fourth-order valence-electron chi connectivity index (χ4n) is 5.49. The van der Waals surface area contributed by atoms with Crippen LogP contribution in [0, 0.1) is 17.6 Å². The van der Waals surface area contributed by atoms with Gasteiger partial charge in [0.15, 0.2) is 11.5 Å². The number of hydrogen-bond donors (Lipinski definition) is 3. The van der Waals surface area contributed by atoms with Crippen molar-refractivity contribution in [1.82, 2.24) is 35.1 Å². The summed E-state index contributed by atoms with van der Waals surface area (Å²) in [4.78, 5) is 33.5. The summed E-state index contributed by atoms with van der Waals surface area (Å²) < 4.78 is 30.7. The lowest BCUT2D eigenvalue weighted by Crippen LogP contribution is -2.24. The molecule has 41 heavy (non-hydrogen) atoms. The highest BCUT2D eigenvalue weighted by Gasteiger charge is 2.23. The minimum atomic E-state index is -0.566. The summed E-state index contributed by atoms with van der Waals surface area (Å²) in [5.41, 5.74) is 3.31. The molecule has 204 valence electrons. The molecule has 0 bridgehead atoms. The molecule has 1 amide bonds. The summed E-state index contributed by atoms with van der Waals surface area (Å²) in [6.07, 6.45) is 11.0. The predicted molar refractivity (Wildman–Crippen MR) is 151 cm³/mol. The van der Waals surface area contributed by atoms with Crippen molar-refractivity contribution in [3.8, 4) is 33.9 Å². The van der Waals surface area contributed by atoms with E-state index in [1.54, 1.807) is 42.7 Å². The molecule has 1 aliphatic carbocycles. The van der Waals surface area contributed by atoms with Crippen molar-refractivity contribution in [3.63, 3.8) is 0 Å². The minimum absolute atomic E-state index is 0.0199. The van der Waals surface area contributed by atoms with Crippen molar-refractivity contribution in [2.45, 2.75) is 32.1 Å². The lowest BCUT2D eigenvalue weighted by atomic mass is 9.88. The molecule has 6 aromatic rings. The minimum Gasteiger partial charge on any atom is -0.336 e. The Kier molecular flexibility index (Phi) is 6.18. The maximum Gasteiger partial charge on any atom is 0.227 e. The Balaban J connectivity index is 1.27. The number of carbonyl (C=O) groups excluding carboxylic acids is 1. The number of carbonyl (C=O) groups is 1. The number of rotatable bonds is 5. The number of benzene rings is 1. The van der Waals surface area contributed by atoms with E-state index in [0.717, 1.165) is 32.1 Å². The highest BCUT2D eigenvalue weighted by Crippen LogP contribution is 2.35. The van der Waals surface area contributed by atoms with E-state index >= 15 is 4.39 Å². The number of fused-ring (bicyclic) bond motifs is 2. The van der Waals surface area contributed by atoms with Gasteiger partial charge in [0.1, 0.15) is 28.5 Å². The van der Waals surface area contributed by atoms with Crippen LogP contribution in [0.25, 0.3) is 56.0 Å². The van der Waals surface area contributed by atoms with Crippen LogP contribution >= 0.6 is 0 Å². The number of imidazole rings is 1. The third-order valence-electron chi connectivity index (χ3n) is 7.57. The number of hydrogen-bond acceptors (Lipinski definition) is 6. The Morgan fingerprint density at radius 2 is 1.80 bits per heavy atom. The molecule has 0 unspecified atom stereocenters. The van der Waals surface area contributed by atoms with Gasteiger partial charge in [-0.15, -0.1) is 0 Å². The van der Waals surface area contributed by atoms with Crippen molar-refractivity contribution >= 4 is 33.7 Å². The first kappa shape index (κ1) is 24.9. The molecule has 7 rings (SSSR count). The highest BCUT2D eigenvalue weighted by molar-refractivity contribution is 5.97. The third kappa shape index (κ3) is 4.48. The average Bonchev–Trinajstić information content (AvgIpc) is 3.63. The second-order valence-electron chi connectivity index (χ2n) is 10.2. The number of nitrogens with one attached hydrogen (secondary N) is 3. The zero-order valence-corrected chi connectivity index (χ0v) is 21.8. The topological polar surface area (TPSA) is 125 Å². The van der Waals surface area contributed by atoms with Gasteiger partial charge in [-0.05, 0) is 37.1 Å². The van der Waals surface area contributed by atoms with Crippen molar-refractivity contribution in [3.05, 3.63) is 72.8 Å². The molecule has 5 aromatic heterocycles. The van der Waals surface area contributed by atoms with Crippen LogP contribution in [-0.4, -0.2) is 41.0 Å². The summed E-state index contributed by atoms with van der Waals surface area (Å²) >= 11 is 0.